The Morgan fingerprint density at radius 1 is 0.343 bits per heavy atom. The molecule has 4 nitrogen and oxygen atoms in total. The summed E-state index contributed by atoms with van der Waals surface area (Å²) >= 11 is 0. The minimum Gasteiger partial charge on any atom is -0.380 e. The van der Waals surface area contributed by atoms with Gasteiger partial charge < -0.3 is 14.2 Å². The molecule has 0 saturated carbocycles. The van der Waals surface area contributed by atoms with Crippen molar-refractivity contribution in [1.29, 1.82) is 0 Å². The molecule has 5 heteroatoms. The summed E-state index contributed by atoms with van der Waals surface area (Å²) in [6.07, 6.45) is 23.8. The Kier molecular flexibility index (Phi) is 36.7. The standard InChI is InChI=1S/C30H63NO3.BrH/c1-4-7-10-13-16-19-25-32-28-22-31(23-29-33-26-20-17-14-11-8-5-2)24-30-34-27-21-18-15-12-9-6-3;/h4-30H2,1-3H3;1H. The Morgan fingerprint density at radius 3 is 0.886 bits per heavy atom. The van der Waals surface area contributed by atoms with Crippen molar-refractivity contribution in [2.24, 2.45) is 0 Å². The number of hydrogen-bond acceptors (Lipinski definition) is 4. The molecule has 0 atom stereocenters. The average Bonchev–Trinajstić information content (AvgIpc) is 2.85. The minimum absolute atomic E-state index is 0. The molecule has 0 spiro atoms. The van der Waals surface area contributed by atoms with Gasteiger partial charge in [0.05, 0.1) is 19.8 Å². The number of halogens is 1. The second-order valence-corrected chi connectivity index (χ2v) is 9.98. The summed E-state index contributed by atoms with van der Waals surface area (Å²) in [6.45, 7) is 15.0. The maximum absolute atomic E-state index is 5.93. The number of rotatable bonds is 30. The summed E-state index contributed by atoms with van der Waals surface area (Å²) in [5.74, 6) is 0. The Hall–Kier alpha value is 0.320. The van der Waals surface area contributed by atoms with Gasteiger partial charge in [-0.3, -0.25) is 4.90 Å². The van der Waals surface area contributed by atoms with Crippen molar-refractivity contribution in [3.63, 3.8) is 0 Å². The Morgan fingerprint density at radius 2 is 0.600 bits per heavy atom. The van der Waals surface area contributed by atoms with E-state index in [0.29, 0.717) is 0 Å². The highest BCUT2D eigenvalue weighted by Gasteiger charge is 2.06. The maximum Gasteiger partial charge on any atom is 0.0593 e. The SMILES string of the molecule is Br.CCCCCCCCOCCN(CCOCCCCCCCC)CCOCCCCCCCC. The molecule has 0 aromatic heterocycles. The van der Waals surface area contributed by atoms with Gasteiger partial charge in [0.1, 0.15) is 0 Å². The molecule has 214 valence electrons. The van der Waals surface area contributed by atoms with Crippen molar-refractivity contribution in [2.45, 2.75) is 136 Å². The van der Waals surface area contributed by atoms with Gasteiger partial charge >= 0.3 is 0 Å². The third-order valence-corrected chi connectivity index (χ3v) is 6.58. The zero-order valence-electron chi connectivity index (χ0n) is 24.2. The normalized spacial score (nSPS) is 11.3. The van der Waals surface area contributed by atoms with Crippen molar-refractivity contribution in [3.05, 3.63) is 0 Å². The van der Waals surface area contributed by atoms with Crippen LogP contribution in [0.25, 0.3) is 0 Å². The predicted octanol–water partition coefficient (Wildman–Crippen LogP) is 9.00. The van der Waals surface area contributed by atoms with Gasteiger partial charge in [-0.05, 0) is 19.3 Å². The van der Waals surface area contributed by atoms with E-state index < -0.39 is 0 Å². The van der Waals surface area contributed by atoms with E-state index >= 15 is 0 Å². The van der Waals surface area contributed by atoms with Gasteiger partial charge in [0.25, 0.3) is 0 Å². The monoisotopic (exact) mass is 565 g/mol. The van der Waals surface area contributed by atoms with Crippen LogP contribution >= 0.6 is 17.0 Å². The number of nitrogens with zero attached hydrogens (tertiary/aromatic N) is 1. The summed E-state index contributed by atoms with van der Waals surface area (Å²) in [5.41, 5.74) is 0. The van der Waals surface area contributed by atoms with Crippen LogP contribution in [0.3, 0.4) is 0 Å². The van der Waals surface area contributed by atoms with E-state index in [4.69, 9.17) is 14.2 Å². The Bertz CT molecular complexity index is 308. The van der Waals surface area contributed by atoms with Crippen molar-refractivity contribution >= 4 is 17.0 Å². The van der Waals surface area contributed by atoms with Gasteiger partial charge in [0.2, 0.25) is 0 Å². The first-order valence-electron chi connectivity index (χ1n) is 15.3. The van der Waals surface area contributed by atoms with E-state index in [-0.39, 0.29) is 17.0 Å². The molecule has 0 rings (SSSR count). The lowest BCUT2D eigenvalue weighted by Crippen LogP contribution is -2.34. The highest BCUT2D eigenvalue weighted by Crippen LogP contribution is 2.07. The lowest BCUT2D eigenvalue weighted by molar-refractivity contribution is 0.0506. The van der Waals surface area contributed by atoms with Crippen molar-refractivity contribution in [3.8, 4) is 0 Å². The van der Waals surface area contributed by atoms with E-state index in [9.17, 15) is 0 Å². The molecular weight excluding hydrogens is 502 g/mol. The first kappa shape index (κ1) is 37.5. The average molecular weight is 567 g/mol. The molecule has 0 saturated heterocycles. The van der Waals surface area contributed by atoms with Crippen LogP contribution in [0.5, 0.6) is 0 Å². The second-order valence-electron chi connectivity index (χ2n) is 9.98. The molecule has 0 aromatic rings. The summed E-state index contributed by atoms with van der Waals surface area (Å²) in [5, 5.41) is 0. The van der Waals surface area contributed by atoms with E-state index in [1.54, 1.807) is 0 Å². The van der Waals surface area contributed by atoms with Crippen LogP contribution in [0.1, 0.15) is 136 Å². The van der Waals surface area contributed by atoms with Gasteiger partial charge in [-0.15, -0.1) is 17.0 Å². The minimum atomic E-state index is 0. The third kappa shape index (κ3) is 32.3. The molecule has 0 fully saturated rings. The van der Waals surface area contributed by atoms with Crippen molar-refractivity contribution in [1.82, 2.24) is 4.90 Å². The lowest BCUT2D eigenvalue weighted by atomic mass is 10.1. The third-order valence-electron chi connectivity index (χ3n) is 6.58. The summed E-state index contributed by atoms with van der Waals surface area (Å²) in [7, 11) is 0. The fraction of sp³-hybridized carbons (Fsp3) is 1.00. The molecule has 0 radical (unpaired) electrons. The molecular formula is C30H64BrNO3. The van der Waals surface area contributed by atoms with E-state index in [0.717, 1.165) is 59.3 Å². The fourth-order valence-corrected chi connectivity index (χ4v) is 4.18. The smallest absolute Gasteiger partial charge is 0.0593 e. The summed E-state index contributed by atoms with van der Waals surface area (Å²) in [6, 6.07) is 0. The molecule has 0 aliphatic heterocycles. The van der Waals surface area contributed by atoms with Gasteiger partial charge in [-0.25, -0.2) is 0 Å². The van der Waals surface area contributed by atoms with Crippen LogP contribution in [0.2, 0.25) is 0 Å². The van der Waals surface area contributed by atoms with Crippen LogP contribution in [-0.2, 0) is 14.2 Å². The van der Waals surface area contributed by atoms with Gasteiger partial charge in [-0.2, -0.15) is 0 Å². The van der Waals surface area contributed by atoms with Gasteiger partial charge in [0, 0.05) is 39.5 Å². The Labute approximate surface area is 231 Å². The Balaban J connectivity index is 0. The van der Waals surface area contributed by atoms with Crippen molar-refractivity contribution in [2.75, 3.05) is 59.3 Å². The predicted molar refractivity (Wildman–Crippen MR) is 159 cm³/mol. The van der Waals surface area contributed by atoms with Crippen LogP contribution in [0.4, 0.5) is 0 Å². The molecule has 0 bridgehead atoms. The number of unbranched alkanes of at least 4 members (excludes halogenated alkanes) is 15. The molecule has 0 aromatic carbocycles. The summed E-state index contributed by atoms with van der Waals surface area (Å²) < 4.78 is 17.8. The molecule has 0 amide bonds. The highest BCUT2D eigenvalue weighted by atomic mass is 79.9. The molecule has 0 aliphatic rings. The first-order valence-corrected chi connectivity index (χ1v) is 15.3. The van der Waals surface area contributed by atoms with E-state index in [1.165, 1.54) is 116 Å². The molecule has 35 heavy (non-hydrogen) atoms. The molecule has 0 aliphatic carbocycles. The first-order chi connectivity index (χ1) is 16.8. The summed E-state index contributed by atoms with van der Waals surface area (Å²) in [4.78, 5) is 2.46. The van der Waals surface area contributed by atoms with E-state index in [1.807, 2.05) is 0 Å². The molecule has 0 heterocycles. The van der Waals surface area contributed by atoms with Crippen LogP contribution in [-0.4, -0.2) is 64.2 Å². The quantitative estimate of drug-likeness (QED) is 0.0812. The topological polar surface area (TPSA) is 30.9 Å². The van der Waals surface area contributed by atoms with Crippen LogP contribution in [0.15, 0.2) is 0 Å². The molecule has 0 N–H and O–H groups in total. The zero-order valence-corrected chi connectivity index (χ0v) is 25.9. The van der Waals surface area contributed by atoms with Gasteiger partial charge in [0.15, 0.2) is 0 Å². The number of ether oxygens (including phenoxy) is 3. The van der Waals surface area contributed by atoms with E-state index in [2.05, 4.69) is 25.7 Å². The number of hydrogen-bond donors (Lipinski definition) is 0. The van der Waals surface area contributed by atoms with Crippen LogP contribution < -0.4 is 0 Å². The fourth-order valence-electron chi connectivity index (χ4n) is 4.18. The van der Waals surface area contributed by atoms with Crippen molar-refractivity contribution < 1.29 is 14.2 Å². The highest BCUT2D eigenvalue weighted by molar-refractivity contribution is 8.93. The maximum atomic E-state index is 5.93. The van der Waals surface area contributed by atoms with Crippen LogP contribution in [0, 0.1) is 0 Å². The van der Waals surface area contributed by atoms with Gasteiger partial charge in [-0.1, -0.05) is 117 Å². The zero-order chi connectivity index (χ0) is 24.8. The second kappa shape index (κ2) is 34.3. The molecule has 0 unspecified atom stereocenters. The largest absolute Gasteiger partial charge is 0.380 e. The lowest BCUT2D eigenvalue weighted by Gasteiger charge is -2.22.